The van der Waals surface area contributed by atoms with Gasteiger partial charge in [0, 0.05) is 0 Å². The molecule has 11 heavy (non-hydrogen) atoms. The summed E-state index contributed by atoms with van der Waals surface area (Å²) >= 11 is 1.61. The number of halogens is 2. The van der Waals surface area contributed by atoms with Gasteiger partial charge in [0.15, 0.2) is 0 Å². The van der Waals surface area contributed by atoms with Gasteiger partial charge in [-0.2, -0.15) is 0 Å². The standard InChI is InChI=1S/C8H11.2FH.Zr/c1-2-5-8-6-3-4-7-8;;;/h3,6H,2,4-5H2,1H3;2*1H;. The van der Waals surface area contributed by atoms with Crippen molar-refractivity contribution in [1.29, 1.82) is 0 Å². The molecule has 63 valence electrons. The van der Waals surface area contributed by atoms with E-state index in [1.165, 1.54) is 19.3 Å². The van der Waals surface area contributed by atoms with Crippen LogP contribution >= 0.6 is 0 Å². The Morgan fingerprint density at radius 1 is 1.45 bits per heavy atom. The second kappa shape index (κ2) is 6.90. The molecule has 1 aliphatic carbocycles. The minimum atomic E-state index is 0. The molecule has 0 unspecified atom stereocenters. The Morgan fingerprint density at radius 3 is 2.45 bits per heavy atom. The molecule has 0 spiro atoms. The van der Waals surface area contributed by atoms with Crippen LogP contribution < -0.4 is 0 Å². The van der Waals surface area contributed by atoms with E-state index >= 15 is 0 Å². The van der Waals surface area contributed by atoms with Crippen molar-refractivity contribution in [1.82, 2.24) is 0 Å². The summed E-state index contributed by atoms with van der Waals surface area (Å²) in [7, 11) is 0. The number of rotatable bonds is 2. The van der Waals surface area contributed by atoms with Crippen LogP contribution in [0, 0.1) is 0 Å². The van der Waals surface area contributed by atoms with E-state index in [0.717, 1.165) is 0 Å². The molecule has 0 heterocycles. The second-order valence-corrected chi connectivity index (χ2v) is 3.84. The molecule has 0 aromatic heterocycles. The van der Waals surface area contributed by atoms with E-state index in [-0.39, 0.29) is 9.41 Å². The smallest absolute Gasteiger partial charge is 0.269 e. The summed E-state index contributed by atoms with van der Waals surface area (Å²) in [6, 6.07) is 0. The van der Waals surface area contributed by atoms with Crippen molar-refractivity contribution in [3.05, 3.63) is 21.0 Å². The zero-order valence-electron chi connectivity index (χ0n) is 6.59. The van der Waals surface area contributed by atoms with Gasteiger partial charge in [-0.15, -0.1) is 0 Å². The maximum atomic E-state index is 2.29. The molecule has 1 aliphatic rings. The zero-order chi connectivity index (χ0) is 6.69. The van der Waals surface area contributed by atoms with Gasteiger partial charge in [-0.1, -0.05) is 0 Å². The molecule has 0 N–H and O–H groups in total. The van der Waals surface area contributed by atoms with Crippen LogP contribution in [0.5, 0.6) is 0 Å². The van der Waals surface area contributed by atoms with Crippen molar-refractivity contribution in [2.75, 3.05) is 0 Å². The largest absolute Gasteiger partial charge is 0.269 e. The van der Waals surface area contributed by atoms with Gasteiger partial charge in [0.2, 0.25) is 0 Å². The molecular weight excluding hydrogens is 225 g/mol. The Kier molecular flexibility index (Phi) is 8.65. The molecule has 0 radical (unpaired) electrons. The van der Waals surface area contributed by atoms with E-state index in [0.29, 0.717) is 0 Å². The van der Waals surface area contributed by atoms with Gasteiger partial charge in [-0.3, -0.25) is 9.41 Å². The fourth-order valence-corrected chi connectivity index (χ4v) is 1.86. The maximum absolute atomic E-state index is 2.29. The summed E-state index contributed by atoms with van der Waals surface area (Å²) < 4.78 is 1.66. The molecule has 0 saturated heterocycles. The van der Waals surface area contributed by atoms with Crippen molar-refractivity contribution in [3.63, 3.8) is 0 Å². The van der Waals surface area contributed by atoms with Gasteiger partial charge in [0.25, 0.3) is 0 Å². The van der Waals surface area contributed by atoms with Crippen molar-refractivity contribution in [3.8, 4) is 0 Å². The van der Waals surface area contributed by atoms with Crippen LogP contribution in [0.3, 0.4) is 0 Å². The molecule has 0 amide bonds. The van der Waals surface area contributed by atoms with Crippen LogP contribution in [0.2, 0.25) is 0 Å². The average Bonchev–Trinajstić information content (AvgIpc) is 2.18. The third-order valence-corrected chi connectivity index (χ3v) is 2.84. The van der Waals surface area contributed by atoms with E-state index in [9.17, 15) is 0 Å². The van der Waals surface area contributed by atoms with Crippen molar-refractivity contribution in [2.24, 2.45) is 0 Å². The van der Waals surface area contributed by atoms with E-state index < -0.39 is 0 Å². The fourth-order valence-electron chi connectivity index (χ4n) is 1.05. The third-order valence-electron chi connectivity index (χ3n) is 1.55. The maximum Gasteiger partial charge on any atom is -0.269 e. The first-order chi connectivity index (χ1) is 4.34. The average molecular weight is 238 g/mol. The molecular formula is C8H13F2Zr. The molecule has 0 bridgehead atoms. The normalized spacial score (nSPS) is 14.2. The van der Waals surface area contributed by atoms with E-state index in [1.807, 2.05) is 0 Å². The SMILES string of the molecule is CCCC1=[C]([Zr])CC=C1.F.F. The molecule has 0 saturated carbocycles. The second-order valence-electron chi connectivity index (χ2n) is 2.36. The minimum absolute atomic E-state index is 0. The summed E-state index contributed by atoms with van der Waals surface area (Å²) in [6.45, 7) is 2.24. The summed E-state index contributed by atoms with van der Waals surface area (Å²) in [4.78, 5) is 0. The summed E-state index contributed by atoms with van der Waals surface area (Å²) in [5.41, 5.74) is 1.61. The molecule has 0 atom stereocenters. The molecule has 0 aliphatic heterocycles. The van der Waals surface area contributed by atoms with Gasteiger partial charge >= 0.3 is 71.9 Å². The Labute approximate surface area is 81.3 Å². The van der Waals surface area contributed by atoms with Crippen LogP contribution in [0.1, 0.15) is 26.2 Å². The third kappa shape index (κ3) is 3.95. The van der Waals surface area contributed by atoms with Crippen LogP contribution in [0.4, 0.5) is 9.41 Å². The van der Waals surface area contributed by atoms with Crippen LogP contribution in [-0.2, 0) is 24.7 Å². The summed E-state index contributed by atoms with van der Waals surface area (Å²) in [5.74, 6) is 0. The van der Waals surface area contributed by atoms with Crippen LogP contribution in [-0.4, -0.2) is 0 Å². The number of hydrogen-bond acceptors (Lipinski definition) is 0. The van der Waals surface area contributed by atoms with Gasteiger partial charge in [0.05, 0.1) is 0 Å². The Hall–Kier alpha value is 0.223. The van der Waals surface area contributed by atoms with Gasteiger partial charge in [-0.05, 0) is 0 Å². The molecule has 1 rings (SSSR count). The Balaban J connectivity index is 0. The van der Waals surface area contributed by atoms with E-state index in [1.54, 1.807) is 33.6 Å². The molecule has 0 nitrogen and oxygen atoms in total. The Bertz CT molecular complexity index is 161. The van der Waals surface area contributed by atoms with Crippen molar-refractivity contribution in [2.45, 2.75) is 26.2 Å². The van der Waals surface area contributed by atoms with Gasteiger partial charge in [0.1, 0.15) is 0 Å². The first-order valence-electron chi connectivity index (χ1n) is 3.44. The Morgan fingerprint density at radius 2 is 2.09 bits per heavy atom. The monoisotopic (exact) mass is 237 g/mol. The fraction of sp³-hybridized carbons (Fsp3) is 0.500. The molecule has 0 aromatic carbocycles. The molecule has 3 heteroatoms. The number of allylic oxidation sites excluding steroid dienone is 4. The van der Waals surface area contributed by atoms with E-state index in [2.05, 4.69) is 19.1 Å². The van der Waals surface area contributed by atoms with Crippen molar-refractivity contribution < 1.29 is 34.1 Å². The summed E-state index contributed by atoms with van der Waals surface area (Å²) in [5, 5.41) is 0. The quantitative estimate of drug-likeness (QED) is 0.694. The molecule has 0 aromatic rings. The first-order valence-corrected chi connectivity index (χ1v) is 4.67. The van der Waals surface area contributed by atoms with Gasteiger partial charge in [-0.25, -0.2) is 0 Å². The number of hydrogen-bond donors (Lipinski definition) is 0. The van der Waals surface area contributed by atoms with Crippen molar-refractivity contribution >= 4 is 0 Å². The zero-order valence-corrected chi connectivity index (χ0v) is 9.05. The first kappa shape index (κ1) is 13.8. The molecule has 0 fully saturated rings. The van der Waals surface area contributed by atoms with Crippen LogP contribution in [0.15, 0.2) is 21.0 Å². The van der Waals surface area contributed by atoms with Crippen LogP contribution in [0.25, 0.3) is 0 Å². The minimum Gasteiger partial charge on any atom is -0.269 e. The predicted octanol–water partition coefficient (Wildman–Crippen LogP) is 2.85. The predicted molar refractivity (Wildman–Crippen MR) is 40.7 cm³/mol. The summed E-state index contributed by atoms with van der Waals surface area (Å²) in [6.07, 6.45) is 8.37. The van der Waals surface area contributed by atoms with Gasteiger partial charge < -0.3 is 0 Å². The van der Waals surface area contributed by atoms with E-state index in [4.69, 9.17) is 0 Å². The topological polar surface area (TPSA) is 0 Å².